The lowest BCUT2D eigenvalue weighted by molar-refractivity contribution is -0.137. The Labute approximate surface area is 112 Å². The zero-order valence-electron chi connectivity index (χ0n) is 11.0. The molecule has 2 unspecified atom stereocenters. The maximum Gasteiger partial charge on any atom is 0.236 e. The molecule has 1 N–H and O–H groups in total. The number of carbonyl (C=O) groups excluding carboxylic acids is 1. The Morgan fingerprint density at radius 3 is 3.00 bits per heavy atom. The first kappa shape index (κ1) is 12.6. The molecule has 102 valence electrons. The van der Waals surface area contributed by atoms with Crippen molar-refractivity contribution in [3.63, 3.8) is 0 Å². The van der Waals surface area contributed by atoms with Crippen molar-refractivity contribution in [1.82, 2.24) is 15.1 Å². The van der Waals surface area contributed by atoms with Gasteiger partial charge in [0.05, 0.1) is 6.54 Å². The number of carbonyl (C=O) groups is 1. The van der Waals surface area contributed by atoms with Crippen LogP contribution in [0.25, 0.3) is 0 Å². The van der Waals surface area contributed by atoms with Crippen molar-refractivity contribution in [2.24, 2.45) is 0 Å². The van der Waals surface area contributed by atoms with E-state index in [0.29, 0.717) is 12.6 Å². The first-order valence-electron chi connectivity index (χ1n) is 6.60. The lowest BCUT2D eigenvalue weighted by atomic mass is 10.00. The van der Waals surface area contributed by atoms with E-state index in [9.17, 15) is 9.18 Å². The van der Waals surface area contributed by atoms with Crippen LogP contribution in [0.4, 0.5) is 4.39 Å². The van der Waals surface area contributed by atoms with Crippen LogP contribution >= 0.6 is 0 Å². The van der Waals surface area contributed by atoms with Crippen molar-refractivity contribution in [2.45, 2.75) is 12.1 Å². The molecule has 0 aromatic heterocycles. The minimum atomic E-state index is -0.212. The number of halogens is 1. The van der Waals surface area contributed by atoms with Gasteiger partial charge in [0.15, 0.2) is 0 Å². The number of amides is 1. The molecule has 1 aromatic rings. The van der Waals surface area contributed by atoms with Gasteiger partial charge in [-0.1, -0.05) is 12.1 Å². The number of rotatable bonds is 1. The second-order valence-electron chi connectivity index (χ2n) is 5.37. The number of hydrogen-bond donors (Lipinski definition) is 1. The van der Waals surface area contributed by atoms with Crippen molar-refractivity contribution in [1.29, 1.82) is 0 Å². The number of fused-ring (bicyclic) bond motifs is 1. The van der Waals surface area contributed by atoms with E-state index in [-0.39, 0.29) is 17.8 Å². The van der Waals surface area contributed by atoms with Gasteiger partial charge in [0, 0.05) is 38.8 Å². The van der Waals surface area contributed by atoms with Crippen LogP contribution in [0.5, 0.6) is 0 Å². The summed E-state index contributed by atoms with van der Waals surface area (Å²) in [5.41, 5.74) is 0.949. The van der Waals surface area contributed by atoms with Crippen LogP contribution in [-0.4, -0.2) is 55.0 Å². The molecular formula is C14H18FN3O. The summed E-state index contributed by atoms with van der Waals surface area (Å²) in [7, 11) is 1.85. The third-order valence-electron chi connectivity index (χ3n) is 4.03. The van der Waals surface area contributed by atoms with Crippen LogP contribution in [0.3, 0.4) is 0 Å². The largest absolute Gasteiger partial charge is 0.343 e. The van der Waals surface area contributed by atoms with Gasteiger partial charge >= 0.3 is 0 Å². The van der Waals surface area contributed by atoms with Gasteiger partial charge in [0.2, 0.25) is 5.91 Å². The van der Waals surface area contributed by atoms with E-state index < -0.39 is 0 Å². The molecule has 4 nitrogen and oxygen atoms in total. The third-order valence-corrected chi connectivity index (χ3v) is 4.03. The molecule has 0 aliphatic carbocycles. The summed E-state index contributed by atoms with van der Waals surface area (Å²) in [5.74, 6) is -0.0491. The zero-order chi connectivity index (χ0) is 13.4. The van der Waals surface area contributed by atoms with Gasteiger partial charge in [-0.15, -0.1) is 0 Å². The van der Waals surface area contributed by atoms with E-state index >= 15 is 0 Å². The van der Waals surface area contributed by atoms with Crippen molar-refractivity contribution < 1.29 is 9.18 Å². The Hall–Kier alpha value is -1.46. The predicted molar refractivity (Wildman–Crippen MR) is 70.1 cm³/mol. The van der Waals surface area contributed by atoms with Crippen molar-refractivity contribution in [3.05, 3.63) is 35.6 Å². The highest BCUT2D eigenvalue weighted by molar-refractivity contribution is 5.78. The maximum absolute atomic E-state index is 13.3. The van der Waals surface area contributed by atoms with E-state index in [1.807, 2.05) is 13.1 Å². The highest BCUT2D eigenvalue weighted by Crippen LogP contribution is 2.22. The van der Waals surface area contributed by atoms with Crippen LogP contribution in [0.1, 0.15) is 11.6 Å². The van der Waals surface area contributed by atoms with Gasteiger partial charge in [0.1, 0.15) is 5.82 Å². The number of likely N-dealkylation sites (N-methyl/N-ethyl adjacent to an activating group) is 1. The Balaban J connectivity index is 1.73. The number of piperazine rings is 2. The minimum absolute atomic E-state index is 0.100. The molecular weight excluding hydrogens is 245 g/mol. The smallest absolute Gasteiger partial charge is 0.236 e. The molecule has 5 heteroatoms. The van der Waals surface area contributed by atoms with Crippen LogP contribution < -0.4 is 5.32 Å². The van der Waals surface area contributed by atoms with Gasteiger partial charge in [0.25, 0.3) is 0 Å². The number of nitrogens with one attached hydrogen (secondary N) is 1. The molecule has 3 rings (SSSR count). The van der Waals surface area contributed by atoms with Crippen LogP contribution in [0, 0.1) is 5.82 Å². The molecule has 2 heterocycles. The SMILES string of the molecule is CN1CC2CNC(c3cccc(F)c3)CN2CC1=O. The fourth-order valence-corrected chi connectivity index (χ4v) is 2.89. The van der Waals surface area contributed by atoms with Crippen molar-refractivity contribution >= 4 is 5.91 Å². The average molecular weight is 263 g/mol. The molecule has 2 aliphatic heterocycles. The standard InChI is InChI=1S/C14H18FN3O/c1-17-7-12-6-16-13(8-18(12)9-14(17)19)10-3-2-4-11(15)5-10/h2-5,12-13,16H,6-9H2,1H3. The molecule has 19 heavy (non-hydrogen) atoms. The van der Waals surface area contributed by atoms with E-state index in [0.717, 1.165) is 25.2 Å². The summed E-state index contributed by atoms with van der Waals surface area (Å²) in [6, 6.07) is 7.15. The van der Waals surface area contributed by atoms with Gasteiger partial charge in [-0.3, -0.25) is 9.69 Å². The molecule has 2 saturated heterocycles. The molecule has 1 amide bonds. The molecule has 1 aromatic carbocycles. The summed E-state index contributed by atoms with van der Waals surface area (Å²) in [6.07, 6.45) is 0. The van der Waals surface area contributed by atoms with E-state index in [4.69, 9.17) is 0 Å². The molecule has 0 bridgehead atoms. The van der Waals surface area contributed by atoms with Crippen LogP contribution in [-0.2, 0) is 4.79 Å². The summed E-state index contributed by atoms with van der Waals surface area (Å²) in [4.78, 5) is 15.7. The van der Waals surface area contributed by atoms with E-state index in [2.05, 4.69) is 10.2 Å². The highest BCUT2D eigenvalue weighted by atomic mass is 19.1. The molecule has 0 saturated carbocycles. The monoisotopic (exact) mass is 263 g/mol. The summed E-state index contributed by atoms with van der Waals surface area (Å²) >= 11 is 0. The Morgan fingerprint density at radius 1 is 1.37 bits per heavy atom. The maximum atomic E-state index is 13.3. The fourth-order valence-electron chi connectivity index (χ4n) is 2.89. The predicted octanol–water partition coefficient (Wildman–Crippen LogP) is 0.613. The van der Waals surface area contributed by atoms with Crippen LogP contribution in [0.2, 0.25) is 0 Å². The fraction of sp³-hybridized carbons (Fsp3) is 0.500. The van der Waals surface area contributed by atoms with Gasteiger partial charge < -0.3 is 10.2 Å². The normalized spacial score (nSPS) is 28.3. The topological polar surface area (TPSA) is 35.6 Å². The van der Waals surface area contributed by atoms with Gasteiger partial charge in [-0.2, -0.15) is 0 Å². The third kappa shape index (κ3) is 2.48. The molecule has 0 radical (unpaired) electrons. The highest BCUT2D eigenvalue weighted by Gasteiger charge is 2.35. The number of hydrogen-bond acceptors (Lipinski definition) is 3. The number of benzene rings is 1. The quantitative estimate of drug-likeness (QED) is 0.806. The first-order valence-corrected chi connectivity index (χ1v) is 6.60. The van der Waals surface area contributed by atoms with Gasteiger partial charge in [-0.05, 0) is 17.7 Å². The zero-order valence-corrected chi connectivity index (χ0v) is 11.0. The number of nitrogens with zero attached hydrogens (tertiary/aromatic N) is 2. The second kappa shape index (κ2) is 4.90. The van der Waals surface area contributed by atoms with Crippen molar-refractivity contribution in [2.75, 3.05) is 33.2 Å². The molecule has 0 spiro atoms. The van der Waals surface area contributed by atoms with Gasteiger partial charge in [-0.25, -0.2) is 4.39 Å². The summed E-state index contributed by atoms with van der Waals surface area (Å²) in [6.45, 7) is 2.82. The average Bonchev–Trinajstić information content (AvgIpc) is 2.39. The lowest BCUT2D eigenvalue weighted by Gasteiger charge is -2.45. The van der Waals surface area contributed by atoms with Crippen LogP contribution in [0.15, 0.2) is 24.3 Å². The Bertz CT molecular complexity index is 493. The Kier molecular flexibility index (Phi) is 3.24. The van der Waals surface area contributed by atoms with Crippen molar-refractivity contribution in [3.8, 4) is 0 Å². The molecule has 2 atom stereocenters. The molecule has 2 aliphatic rings. The molecule has 2 fully saturated rings. The lowest BCUT2D eigenvalue weighted by Crippen LogP contribution is -2.62. The first-order chi connectivity index (χ1) is 9.13. The summed E-state index contributed by atoms with van der Waals surface area (Å²) in [5, 5.41) is 3.45. The van der Waals surface area contributed by atoms with E-state index in [1.54, 1.807) is 17.0 Å². The Morgan fingerprint density at radius 2 is 2.21 bits per heavy atom. The van der Waals surface area contributed by atoms with E-state index in [1.165, 1.54) is 6.07 Å². The summed E-state index contributed by atoms with van der Waals surface area (Å²) < 4.78 is 13.3. The second-order valence-corrected chi connectivity index (χ2v) is 5.37. The minimum Gasteiger partial charge on any atom is -0.343 e.